The highest BCUT2D eigenvalue weighted by atomic mass is 32.2. The molecule has 3 N–H and O–H groups in total. The molecule has 0 saturated carbocycles. The van der Waals surface area contributed by atoms with Crippen LogP contribution < -0.4 is 10.5 Å². The van der Waals surface area contributed by atoms with E-state index in [1.54, 1.807) is 0 Å². The number of anilines is 2. The lowest BCUT2D eigenvalue weighted by molar-refractivity contribution is 0.597. The summed E-state index contributed by atoms with van der Waals surface area (Å²) >= 11 is 1.01. The SMILES string of the molecule is Nc1c(F)cccc1S(=O)(=O)Nc1nncs1. The molecule has 0 amide bonds. The Morgan fingerprint density at radius 1 is 1.41 bits per heavy atom. The molecular weight excluding hydrogens is 267 g/mol. The van der Waals surface area contributed by atoms with Gasteiger partial charge in [0.15, 0.2) is 0 Å². The van der Waals surface area contributed by atoms with Gasteiger partial charge in [0.05, 0.1) is 5.69 Å². The van der Waals surface area contributed by atoms with Gasteiger partial charge >= 0.3 is 0 Å². The molecule has 6 nitrogen and oxygen atoms in total. The fourth-order valence-electron chi connectivity index (χ4n) is 1.14. The zero-order valence-electron chi connectivity index (χ0n) is 8.29. The second-order valence-corrected chi connectivity index (χ2v) is 5.49. The molecule has 2 rings (SSSR count). The molecule has 17 heavy (non-hydrogen) atoms. The van der Waals surface area contributed by atoms with Gasteiger partial charge in [-0.3, -0.25) is 4.72 Å². The minimum atomic E-state index is -3.94. The Balaban J connectivity index is 2.42. The molecule has 1 aromatic carbocycles. The van der Waals surface area contributed by atoms with E-state index in [0.29, 0.717) is 0 Å². The van der Waals surface area contributed by atoms with Crippen molar-refractivity contribution in [2.75, 3.05) is 10.5 Å². The normalized spacial score (nSPS) is 11.4. The summed E-state index contributed by atoms with van der Waals surface area (Å²) in [6, 6.07) is 3.56. The number of hydrogen-bond acceptors (Lipinski definition) is 6. The van der Waals surface area contributed by atoms with Crippen molar-refractivity contribution in [2.45, 2.75) is 4.90 Å². The van der Waals surface area contributed by atoms with E-state index in [4.69, 9.17) is 5.73 Å². The van der Waals surface area contributed by atoms with Gasteiger partial charge in [-0.05, 0) is 12.1 Å². The van der Waals surface area contributed by atoms with Crippen LogP contribution in [-0.4, -0.2) is 18.6 Å². The number of nitrogens with zero attached hydrogens (tertiary/aromatic N) is 2. The lowest BCUT2D eigenvalue weighted by Gasteiger charge is -2.07. The summed E-state index contributed by atoms with van der Waals surface area (Å²) < 4.78 is 39.0. The maximum absolute atomic E-state index is 13.1. The molecule has 0 saturated heterocycles. The van der Waals surface area contributed by atoms with Gasteiger partial charge in [-0.2, -0.15) is 0 Å². The first-order valence-corrected chi connectivity index (χ1v) is 6.70. The van der Waals surface area contributed by atoms with Crippen LogP contribution in [0, 0.1) is 5.82 Å². The highest BCUT2D eigenvalue weighted by molar-refractivity contribution is 7.93. The maximum atomic E-state index is 13.1. The first kappa shape index (κ1) is 11.7. The van der Waals surface area contributed by atoms with Crippen LogP contribution in [0.5, 0.6) is 0 Å². The molecule has 0 spiro atoms. The van der Waals surface area contributed by atoms with Crippen molar-refractivity contribution in [2.24, 2.45) is 0 Å². The lowest BCUT2D eigenvalue weighted by atomic mass is 10.3. The average Bonchev–Trinajstić information content (AvgIpc) is 2.73. The van der Waals surface area contributed by atoms with Crippen LogP contribution >= 0.6 is 11.3 Å². The minimum Gasteiger partial charge on any atom is -0.395 e. The summed E-state index contributed by atoms with van der Waals surface area (Å²) in [5, 5.41) is 7.09. The van der Waals surface area contributed by atoms with Crippen molar-refractivity contribution in [3.63, 3.8) is 0 Å². The van der Waals surface area contributed by atoms with Gasteiger partial charge in [-0.1, -0.05) is 17.4 Å². The monoisotopic (exact) mass is 274 g/mol. The molecule has 0 aliphatic rings. The van der Waals surface area contributed by atoms with Crippen molar-refractivity contribution in [1.82, 2.24) is 10.2 Å². The Morgan fingerprint density at radius 2 is 2.18 bits per heavy atom. The van der Waals surface area contributed by atoms with E-state index in [1.165, 1.54) is 17.6 Å². The van der Waals surface area contributed by atoms with Crippen LogP contribution in [0.3, 0.4) is 0 Å². The predicted octanol–water partition coefficient (Wildman–Crippen LogP) is 1.06. The highest BCUT2D eigenvalue weighted by Crippen LogP contribution is 2.23. The smallest absolute Gasteiger partial charge is 0.265 e. The van der Waals surface area contributed by atoms with Crippen molar-refractivity contribution in [1.29, 1.82) is 0 Å². The maximum Gasteiger partial charge on any atom is 0.265 e. The molecule has 0 aliphatic heterocycles. The number of rotatable bonds is 3. The summed E-state index contributed by atoms with van der Waals surface area (Å²) in [5.41, 5.74) is 6.31. The molecule has 0 fully saturated rings. The van der Waals surface area contributed by atoms with E-state index in [0.717, 1.165) is 17.4 Å². The number of sulfonamides is 1. The second kappa shape index (κ2) is 4.26. The molecule has 0 unspecified atom stereocenters. The number of hydrogen-bond donors (Lipinski definition) is 2. The van der Waals surface area contributed by atoms with Crippen molar-refractivity contribution < 1.29 is 12.8 Å². The molecule has 1 heterocycles. The zero-order valence-corrected chi connectivity index (χ0v) is 9.93. The average molecular weight is 274 g/mol. The predicted molar refractivity (Wildman–Crippen MR) is 61.5 cm³/mol. The summed E-state index contributed by atoms with van der Waals surface area (Å²) in [4.78, 5) is -0.326. The molecule has 0 radical (unpaired) electrons. The number of halogens is 1. The van der Waals surface area contributed by atoms with Crippen molar-refractivity contribution in [3.05, 3.63) is 29.5 Å². The number of nitrogens with one attached hydrogen (secondary N) is 1. The third-order valence-electron chi connectivity index (χ3n) is 1.88. The topological polar surface area (TPSA) is 98.0 Å². The fourth-order valence-corrected chi connectivity index (χ4v) is 2.97. The molecule has 0 atom stereocenters. The van der Waals surface area contributed by atoms with Crippen LogP contribution in [0.2, 0.25) is 0 Å². The van der Waals surface area contributed by atoms with Gasteiger partial charge in [0.2, 0.25) is 5.13 Å². The fraction of sp³-hybridized carbons (Fsp3) is 0. The number of aromatic nitrogens is 2. The van der Waals surface area contributed by atoms with E-state index >= 15 is 0 Å². The van der Waals surface area contributed by atoms with E-state index in [9.17, 15) is 12.8 Å². The Kier molecular flexibility index (Phi) is 2.94. The van der Waals surface area contributed by atoms with E-state index in [1.807, 2.05) is 0 Å². The van der Waals surface area contributed by atoms with Crippen molar-refractivity contribution >= 4 is 32.2 Å². The number of nitrogen functional groups attached to an aromatic ring is 1. The number of nitrogens with two attached hydrogens (primary N) is 1. The van der Waals surface area contributed by atoms with Gasteiger partial charge in [-0.15, -0.1) is 10.2 Å². The third-order valence-corrected chi connectivity index (χ3v) is 4.02. The van der Waals surface area contributed by atoms with Gasteiger partial charge < -0.3 is 5.73 Å². The van der Waals surface area contributed by atoms with E-state index in [-0.39, 0.29) is 10.0 Å². The highest BCUT2D eigenvalue weighted by Gasteiger charge is 2.20. The molecule has 1 aromatic heterocycles. The first-order chi connectivity index (χ1) is 8.00. The second-order valence-electron chi connectivity index (χ2n) is 3.00. The molecule has 9 heteroatoms. The standard InChI is InChI=1S/C8H7FN4O2S2/c9-5-2-1-3-6(7(5)10)17(14,15)13-8-12-11-4-16-8/h1-4H,10H2,(H,12,13). The Morgan fingerprint density at radius 3 is 2.82 bits per heavy atom. The van der Waals surface area contributed by atoms with Gasteiger partial charge in [0.1, 0.15) is 16.2 Å². The first-order valence-electron chi connectivity index (χ1n) is 4.33. The molecule has 2 aromatic rings. The Hall–Kier alpha value is -1.74. The summed E-state index contributed by atoms with van der Waals surface area (Å²) in [6.07, 6.45) is 0. The lowest BCUT2D eigenvalue weighted by Crippen LogP contribution is -2.15. The van der Waals surface area contributed by atoms with Crippen LogP contribution in [0.25, 0.3) is 0 Å². The van der Waals surface area contributed by atoms with Gasteiger partial charge in [0.25, 0.3) is 10.0 Å². The quantitative estimate of drug-likeness (QED) is 0.815. The molecule has 90 valence electrons. The molecular formula is C8H7FN4O2S2. The number of para-hydroxylation sites is 1. The Bertz CT molecular complexity index is 627. The zero-order chi connectivity index (χ0) is 12.5. The number of benzene rings is 1. The van der Waals surface area contributed by atoms with Crippen LogP contribution in [-0.2, 0) is 10.0 Å². The van der Waals surface area contributed by atoms with Crippen LogP contribution in [0.1, 0.15) is 0 Å². The van der Waals surface area contributed by atoms with Gasteiger partial charge in [0, 0.05) is 0 Å². The summed E-state index contributed by atoms with van der Waals surface area (Å²) in [7, 11) is -3.94. The van der Waals surface area contributed by atoms with Crippen LogP contribution in [0.15, 0.2) is 28.6 Å². The Labute approximate surface area is 100 Å². The van der Waals surface area contributed by atoms with Crippen LogP contribution in [0.4, 0.5) is 15.2 Å². The minimum absolute atomic E-state index is 0.0914. The summed E-state index contributed by atoms with van der Waals surface area (Å²) in [6.45, 7) is 0. The van der Waals surface area contributed by atoms with E-state index in [2.05, 4.69) is 14.9 Å². The largest absolute Gasteiger partial charge is 0.395 e. The molecule has 0 bridgehead atoms. The van der Waals surface area contributed by atoms with E-state index < -0.39 is 21.5 Å². The third kappa shape index (κ3) is 2.34. The van der Waals surface area contributed by atoms with Gasteiger partial charge in [-0.25, -0.2) is 12.8 Å². The molecule has 0 aliphatic carbocycles. The van der Waals surface area contributed by atoms with Crippen molar-refractivity contribution in [3.8, 4) is 0 Å². The summed E-state index contributed by atoms with van der Waals surface area (Å²) in [5.74, 6) is -0.787.